The number of aryl methyl sites for hydroxylation is 1. The van der Waals surface area contributed by atoms with E-state index in [1.54, 1.807) is 18.7 Å². The molecule has 0 bridgehead atoms. The summed E-state index contributed by atoms with van der Waals surface area (Å²) in [5.41, 5.74) is 0.225. The Kier molecular flexibility index (Phi) is 6.43. The van der Waals surface area contributed by atoms with Gasteiger partial charge in [-0.15, -0.1) is 0 Å². The monoisotopic (exact) mass is 417 g/mol. The van der Waals surface area contributed by atoms with Gasteiger partial charge in [-0.05, 0) is 18.9 Å². The van der Waals surface area contributed by atoms with Crippen molar-refractivity contribution in [1.82, 2.24) is 19.2 Å². The number of carbonyl (C=O) groups is 2. The Morgan fingerprint density at radius 3 is 2.50 bits per heavy atom. The molecule has 10 nitrogen and oxygen atoms in total. The number of methoxy groups -OCH3 is 2. The van der Waals surface area contributed by atoms with Crippen molar-refractivity contribution < 1.29 is 19.1 Å². The number of hydrogen-bond acceptors (Lipinski definition) is 6. The van der Waals surface area contributed by atoms with Gasteiger partial charge in [0.1, 0.15) is 12.4 Å². The van der Waals surface area contributed by atoms with Gasteiger partial charge >= 0.3 is 5.69 Å². The summed E-state index contributed by atoms with van der Waals surface area (Å²) in [6, 6.07) is 3.04. The minimum atomic E-state index is -0.467. The lowest BCUT2D eigenvalue weighted by molar-refractivity contribution is -0.117. The molecular weight excluding hydrogens is 390 g/mol. The van der Waals surface area contributed by atoms with Crippen molar-refractivity contribution in [2.24, 2.45) is 0 Å². The third-order valence-electron chi connectivity index (χ3n) is 5.01. The van der Waals surface area contributed by atoms with Crippen LogP contribution in [0.2, 0.25) is 0 Å². The van der Waals surface area contributed by atoms with Crippen molar-refractivity contribution >= 4 is 17.5 Å². The van der Waals surface area contributed by atoms with E-state index in [0.717, 1.165) is 25.7 Å². The second-order valence-corrected chi connectivity index (χ2v) is 7.32. The van der Waals surface area contributed by atoms with Crippen LogP contribution in [0, 0.1) is 0 Å². The lowest BCUT2D eigenvalue weighted by Gasteiger charge is -2.17. The molecule has 0 aliphatic carbocycles. The van der Waals surface area contributed by atoms with Gasteiger partial charge in [-0.1, -0.05) is 6.42 Å². The van der Waals surface area contributed by atoms with Crippen molar-refractivity contribution in [1.29, 1.82) is 0 Å². The third kappa shape index (κ3) is 4.32. The maximum absolute atomic E-state index is 12.7. The van der Waals surface area contributed by atoms with Crippen LogP contribution < -0.4 is 20.5 Å². The molecule has 1 N–H and O–H groups in total. The summed E-state index contributed by atoms with van der Waals surface area (Å²) in [6.07, 6.45) is 3.68. The zero-order valence-electron chi connectivity index (χ0n) is 17.7. The topological polar surface area (TPSA) is 108 Å². The highest BCUT2D eigenvalue weighted by molar-refractivity contribution is 6.04. The molecule has 0 saturated carbocycles. The molecule has 3 rings (SSSR count). The fraction of sp³-hybridized carbons (Fsp3) is 0.500. The quantitative estimate of drug-likeness (QED) is 0.755. The van der Waals surface area contributed by atoms with Crippen molar-refractivity contribution in [2.45, 2.75) is 38.8 Å². The molecule has 1 aromatic heterocycles. The molecule has 10 heteroatoms. The van der Waals surface area contributed by atoms with Gasteiger partial charge in [-0.2, -0.15) is 5.10 Å². The van der Waals surface area contributed by atoms with Crippen LogP contribution in [0.15, 0.2) is 16.9 Å². The summed E-state index contributed by atoms with van der Waals surface area (Å²) in [6.45, 7) is 0.371. The van der Waals surface area contributed by atoms with E-state index in [-0.39, 0.29) is 29.4 Å². The lowest BCUT2D eigenvalue weighted by atomic mass is 10.1. The SMILES string of the molecule is COc1cc(NC(=O)Cn2nc3n(c2=O)CCCCC3)c(C(=O)N(C)C)cc1OC. The summed E-state index contributed by atoms with van der Waals surface area (Å²) in [5, 5.41) is 7.04. The molecule has 2 heterocycles. The number of carbonyl (C=O) groups excluding carboxylic acids is 2. The number of nitrogens with zero attached hydrogens (tertiary/aromatic N) is 4. The van der Waals surface area contributed by atoms with E-state index in [1.807, 2.05) is 0 Å². The van der Waals surface area contributed by atoms with Crippen LogP contribution >= 0.6 is 0 Å². The van der Waals surface area contributed by atoms with Crippen molar-refractivity contribution in [2.75, 3.05) is 33.6 Å². The third-order valence-corrected chi connectivity index (χ3v) is 5.01. The second-order valence-electron chi connectivity index (χ2n) is 7.32. The molecule has 1 aromatic carbocycles. The van der Waals surface area contributed by atoms with Crippen LogP contribution in [0.1, 0.15) is 35.4 Å². The summed E-state index contributed by atoms with van der Waals surface area (Å²) in [5.74, 6) is 0.672. The highest BCUT2D eigenvalue weighted by Crippen LogP contribution is 2.34. The zero-order valence-corrected chi connectivity index (χ0v) is 17.7. The highest BCUT2D eigenvalue weighted by atomic mass is 16.5. The zero-order chi connectivity index (χ0) is 21.8. The molecule has 162 valence electrons. The van der Waals surface area contributed by atoms with E-state index in [4.69, 9.17) is 9.47 Å². The predicted molar refractivity (Wildman–Crippen MR) is 110 cm³/mol. The first-order chi connectivity index (χ1) is 14.3. The molecule has 2 amide bonds. The molecule has 0 spiro atoms. The van der Waals surface area contributed by atoms with Gasteiger partial charge in [0.15, 0.2) is 11.5 Å². The molecule has 0 unspecified atom stereocenters. The van der Waals surface area contributed by atoms with Gasteiger partial charge < -0.3 is 19.7 Å². The summed E-state index contributed by atoms with van der Waals surface area (Å²) in [4.78, 5) is 39.3. The van der Waals surface area contributed by atoms with E-state index in [0.29, 0.717) is 23.9 Å². The van der Waals surface area contributed by atoms with Crippen LogP contribution in [0.5, 0.6) is 11.5 Å². The standard InChI is InChI=1S/C20H27N5O5/c1-23(2)19(27)13-10-15(29-3)16(30-4)11-14(13)21-18(26)12-25-20(28)24-9-7-5-6-8-17(24)22-25/h10-11H,5-9,12H2,1-4H3,(H,21,26). The molecule has 30 heavy (non-hydrogen) atoms. The van der Waals surface area contributed by atoms with Gasteiger partial charge in [-0.25, -0.2) is 9.48 Å². The maximum Gasteiger partial charge on any atom is 0.346 e. The van der Waals surface area contributed by atoms with Crippen LogP contribution in [0.25, 0.3) is 0 Å². The Morgan fingerprint density at radius 2 is 1.83 bits per heavy atom. The number of benzene rings is 1. The number of aromatic nitrogens is 3. The fourth-order valence-electron chi connectivity index (χ4n) is 3.45. The highest BCUT2D eigenvalue weighted by Gasteiger charge is 2.21. The summed E-state index contributed by atoms with van der Waals surface area (Å²) in [7, 11) is 6.16. The van der Waals surface area contributed by atoms with Gasteiger partial charge in [0.25, 0.3) is 5.91 Å². The largest absolute Gasteiger partial charge is 0.493 e. The Labute approximate surface area is 174 Å². The molecule has 2 aromatic rings. The normalized spacial score (nSPS) is 13.2. The first-order valence-corrected chi connectivity index (χ1v) is 9.79. The smallest absolute Gasteiger partial charge is 0.346 e. The molecule has 0 fully saturated rings. The van der Waals surface area contributed by atoms with E-state index < -0.39 is 5.91 Å². The molecular formula is C20H27N5O5. The number of ether oxygens (including phenoxy) is 2. The van der Waals surface area contributed by atoms with E-state index in [9.17, 15) is 14.4 Å². The van der Waals surface area contributed by atoms with E-state index in [1.165, 1.54) is 35.9 Å². The minimum absolute atomic E-state index is 0.247. The Bertz CT molecular complexity index is 1010. The van der Waals surface area contributed by atoms with Gasteiger partial charge in [0.05, 0.1) is 25.5 Å². The second kappa shape index (κ2) is 9.02. The van der Waals surface area contributed by atoms with Gasteiger partial charge in [0, 0.05) is 33.1 Å². The number of fused-ring (bicyclic) bond motifs is 1. The summed E-state index contributed by atoms with van der Waals surface area (Å²) < 4.78 is 13.4. The maximum atomic E-state index is 12.7. The summed E-state index contributed by atoms with van der Waals surface area (Å²) >= 11 is 0. The first kappa shape index (κ1) is 21.4. The predicted octanol–water partition coefficient (Wildman–Crippen LogP) is 1.13. The number of amides is 2. The van der Waals surface area contributed by atoms with Crippen molar-refractivity contribution in [3.05, 3.63) is 34.0 Å². The molecule has 0 radical (unpaired) electrons. The number of rotatable bonds is 6. The number of anilines is 1. The molecule has 1 aliphatic heterocycles. The average molecular weight is 417 g/mol. The Balaban J connectivity index is 1.87. The van der Waals surface area contributed by atoms with Crippen molar-refractivity contribution in [3.63, 3.8) is 0 Å². The molecule has 0 atom stereocenters. The van der Waals surface area contributed by atoms with E-state index in [2.05, 4.69) is 10.4 Å². The molecule has 0 saturated heterocycles. The van der Waals surface area contributed by atoms with Crippen LogP contribution in [0.4, 0.5) is 5.69 Å². The van der Waals surface area contributed by atoms with Gasteiger partial charge in [0.2, 0.25) is 5.91 Å². The first-order valence-electron chi connectivity index (χ1n) is 9.79. The fourth-order valence-corrected chi connectivity index (χ4v) is 3.45. The Hall–Kier alpha value is -3.30. The van der Waals surface area contributed by atoms with Crippen molar-refractivity contribution in [3.8, 4) is 11.5 Å². The number of nitrogens with one attached hydrogen (secondary N) is 1. The van der Waals surface area contributed by atoms with E-state index >= 15 is 0 Å². The minimum Gasteiger partial charge on any atom is -0.493 e. The number of hydrogen-bond donors (Lipinski definition) is 1. The average Bonchev–Trinajstić information content (AvgIpc) is 2.88. The van der Waals surface area contributed by atoms with Gasteiger partial charge in [-0.3, -0.25) is 14.2 Å². The van der Waals surface area contributed by atoms with Crippen LogP contribution in [-0.4, -0.2) is 59.4 Å². The lowest BCUT2D eigenvalue weighted by Crippen LogP contribution is -2.31. The molecule has 1 aliphatic rings. The van der Waals surface area contributed by atoms with Crippen LogP contribution in [0.3, 0.4) is 0 Å². The Morgan fingerprint density at radius 1 is 1.13 bits per heavy atom. The van der Waals surface area contributed by atoms with Crippen LogP contribution in [-0.2, 0) is 24.3 Å².